The molecule has 0 spiro atoms. The first-order valence-electron chi connectivity index (χ1n) is 6.18. The van der Waals surface area contributed by atoms with Gasteiger partial charge in [0, 0.05) is 12.6 Å². The molecule has 90 valence electrons. The molecule has 2 heteroatoms. The van der Waals surface area contributed by atoms with Crippen LogP contribution >= 0.6 is 0 Å². The Morgan fingerprint density at radius 1 is 1.12 bits per heavy atom. The number of aliphatic hydroxyl groups excluding tert-OH is 1. The van der Waals surface area contributed by atoms with Gasteiger partial charge in [-0.25, -0.2) is 0 Å². The number of nitrogens with one attached hydrogen (secondary N) is 1. The molecule has 0 aliphatic heterocycles. The lowest BCUT2D eigenvalue weighted by atomic mass is 9.97. The summed E-state index contributed by atoms with van der Waals surface area (Å²) in [6.45, 7) is 3.21. The Labute approximate surface area is 102 Å². The Morgan fingerprint density at radius 2 is 1.88 bits per heavy atom. The second-order valence-corrected chi connectivity index (χ2v) is 4.19. The molecule has 0 saturated heterocycles. The van der Waals surface area contributed by atoms with Crippen molar-refractivity contribution in [2.75, 3.05) is 13.2 Å². The van der Waals surface area contributed by atoms with Crippen molar-refractivity contribution in [2.24, 2.45) is 0 Å². The molecule has 1 unspecified atom stereocenters. The van der Waals surface area contributed by atoms with Gasteiger partial charge in [-0.3, -0.25) is 0 Å². The third-order valence-electron chi connectivity index (χ3n) is 3.07. The zero-order chi connectivity index (χ0) is 12.1. The van der Waals surface area contributed by atoms with Gasteiger partial charge in [-0.2, -0.15) is 0 Å². The highest BCUT2D eigenvalue weighted by atomic mass is 16.3. The summed E-state index contributed by atoms with van der Waals surface area (Å²) in [6.07, 6.45) is 0.752. The van der Waals surface area contributed by atoms with Crippen molar-refractivity contribution in [1.29, 1.82) is 0 Å². The molecule has 0 amide bonds. The summed E-state index contributed by atoms with van der Waals surface area (Å²) in [7, 11) is 0. The van der Waals surface area contributed by atoms with Gasteiger partial charge in [-0.05, 0) is 29.3 Å². The molecule has 2 aromatic carbocycles. The van der Waals surface area contributed by atoms with Crippen molar-refractivity contribution < 1.29 is 5.11 Å². The largest absolute Gasteiger partial charge is 0.396 e. The number of aliphatic hydroxyl groups is 1. The fourth-order valence-corrected chi connectivity index (χ4v) is 2.30. The Balaban J connectivity index is 2.44. The minimum Gasteiger partial charge on any atom is -0.396 e. The number of benzene rings is 2. The maximum Gasteiger partial charge on any atom is 0.0449 e. The molecule has 0 fully saturated rings. The highest BCUT2D eigenvalue weighted by Gasteiger charge is 2.12. The van der Waals surface area contributed by atoms with Crippen LogP contribution in [0.1, 0.15) is 24.9 Å². The van der Waals surface area contributed by atoms with Crippen LogP contribution < -0.4 is 5.32 Å². The number of rotatable bonds is 5. The van der Waals surface area contributed by atoms with Gasteiger partial charge in [-0.1, -0.05) is 49.4 Å². The van der Waals surface area contributed by atoms with Crippen LogP contribution in [-0.4, -0.2) is 18.3 Å². The van der Waals surface area contributed by atoms with Crippen LogP contribution in [0, 0.1) is 0 Å². The van der Waals surface area contributed by atoms with E-state index in [-0.39, 0.29) is 12.6 Å². The van der Waals surface area contributed by atoms with Crippen molar-refractivity contribution in [2.45, 2.75) is 19.4 Å². The number of fused-ring (bicyclic) bond motifs is 1. The predicted molar refractivity (Wildman–Crippen MR) is 72.1 cm³/mol. The summed E-state index contributed by atoms with van der Waals surface area (Å²) >= 11 is 0. The summed E-state index contributed by atoms with van der Waals surface area (Å²) in [5.74, 6) is 0. The minimum absolute atomic E-state index is 0.209. The molecule has 1 atom stereocenters. The molecule has 0 saturated carbocycles. The maximum absolute atomic E-state index is 9.16. The van der Waals surface area contributed by atoms with E-state index < -0.39 is 0 Å². The van der Waals surface area contributed by atoms with E-state index in [1.165, 1.54) is 16.3 Å². The van der Waals surface area contributed by atoms with Gasteiger partial charge in [0.15, 0.2) is 0 Å². The van der Waals surface area contributed by atoms with E-state index in [1.54, 1.807) is 0 Å². The normalized spacial score (nSPS) is 12.8. The van der Waals surface area contributed by atoms with E-state index in [1.807, 2.05) is 0 Å². The molecule has 0 aliphatic rings. The zero-order valence-corrected chi connectivity index (χ0v) is 10.2. The fourth-order valence-electron chi connectivity index (χ4n) is 2.30. The SMILES string of the molecule is CCNC(CCO)c1cccc2ccccc12. The number of hydrogen-bond acceptors (Lipinski definition) is 2. The first-order valence-corrected chi connectivity index (χ1v) is 6.18. The second kappa shape index (κ2) is 5.80. The third-order valence-corrected chi connectivity index (χ3v) is 3.07. The highest BCUT2D eigenvalue weighted by Crippen LogP contribution is 2.25. The molecule has 2 rings (SSSR count). The molecule has 0 radical (unpaired) electrons. The van der Waals surface area contributed by atoms with Crippen LogP contribution in [0.2, 0.25) is 0 Å². The van der Waals surface area contributed by atoms with Gasteiger partial charge in [0.05, 0.1) is 0 Å². The average Bonchev–Trinajstić information content (AvgIpc) is 2.38. The molecule has 0 aromatic heterocycles. The molecule has 17 heavy (non-hydrogen) atoms. The Morgan fingerprint density at radius 3 is 2.65 bits per heavy atom. The van der Waals surface area contributed by atoms with Gasteiger partial charge in [0.25, 0.3) is 0 Å². The molecule has 2 N–H and O–H groups in total. The first kappa shape index (κ1) is 12.1. The maximum atomic E-state index is 9.16. The second-order valence-electron chi connectivity index (χ2n) is 4.19. The summed E-state index contributed by atoms with van der Waals surface area (Å²) in [4.78, 5) is 0. The molecular weight excluding hydrogens is 210 g/mol. The van der Waals surface area contributed by atoms with E-state index in [4.69, 9.17) is 5.11 Å². The van der Waals surface area contributed by atoms with E-state index in [9.17, 15) is 0 Å². The highest BCUT2D eigenvalue weighted by molar-refractivity contribution is 5.86. The Bertz CT molecular complexity index is 470. The molecule has 0 bridgehead atoms. The van der Waals surface area contributed by atoms with E-state index in [2.05, 4.69) is 54.7 Å². The molecule has 2 nitrogen and oxygen atoms in total. The topological polar surface area (TPSA) is 32.3 Å². The zero-order valence-electron chi connectivity index (χ0n) is 10.2. The lowest BCUT2D eigenvalue weighted by Gasteiger charge is -2.19. The van der Waals surface area contributed by atoms with Crippen molar-refractivity contribution in [3.63, 3.8) is 0 Å². The van der Waals surface area contributed by atoms with Gasteiger partial charge in [0.1, 0.15) is 0 Å². The summed E-state index contributed by atoms with van der Waals surface area (Å²) in [5.41, 5.74) is 1.28. The summed E-state index contributed by atoms with van der Waals surface area (Å²) < 4.78 is 0. The molecule has 2 aromatic rings. The standard InChI is InChI=1S/C15H19NO/c1-2-16-15(10-11-17)14-9-5-7-12-6-3-4-8-13(12)14/h3-9,15-17H,2,10-11H2,1H3. The van der Waals surface area contributed by atoms with Crippen LogP contribution in [0.25, 0.3) is 10.8 Å². The van der Waals surface area contributed by atoms with Gasteiger partial charge in [0.2, 0.25) is 0 Å². The number of hydrogen-bond donors (Lipinski definition) is 2. The quantitative estimate of drug-likeness (QED) is 0.826. The van der Waals surface area contributed by atoms with Gasteiger partial charge < -0.3 is 10.4 Å². The monoisotopic (exact) mass is 229 g/mol. The predicted octanol–water partition coefficient (Wildman–Crippen LogP) is 2.87. The van der Waals surface area contributed by atoms with Gasteiger partial charge >= 0.3 is 0 Å². The molecule has 0 heterocycles. The Kier molecular flexibility index (Phi) is 4.13. The van der Waals surface area contributed by atoms with Crippen LogP contribution in [-0.2, 0) is 0 Å². The summed E-state index contributed by atoms with van der Waals surface area (Å²) in [6, 6.07) is 15.0. The van der Waals surface area contributed by atoms with E-state index in [0.717, 1.165) is 13.0 Å². The lowest BCUT2D eigenvalue weighted by Crippen LogP contribution is -2.22. The average molecular weight is 229 g/mol. The van der Waals surface area contributed by atoms with Gasteiger partial charge in [-0.15, -0.1) is 0 Å². The van der Waals surface area contributed by atoms with Crippen LogP contribution in [0.5, 0.6) is 0 Å². The fraction of sp³-hybridized carbons (Fsp3) is 0.333. The van der Waals surface area contributed by atoms with Crippen molar-refractivity contribution in [1.82, 2.24) is 5.32 Å². The first-order chi connectivity index (χ1) is 8.36. The smallest absolute Gasteiger partial charge is 0.0449 e. The van der Waals surface area contributed by atoms with Crippen LogP contribution in [0.3, 0.4) is 0 Å². The van der Waals surface area contributed by atoms with Crippen LogP contribution in [0.15, 0.2) is 42.5 Å². The molecule has 0 aliphatic carbocycles. The van der Waals surface area contributed by atoms with E-state index >= 15 is 0 Å². The van der Waals surface area contributed by atoms with Crippen LogP contribution in [0.4, 0.5) is 0 Å². The lowest BCUT2D eigenvalue weighted by molar-refractivity contribution is 0.267. The third kappa shape index (κ3) is 2.65. The Hall–Kier alpha value is -1.38. The summed E-state index contributed by atoms with van der Waals surface area (Å²) in [5, 5.41) is 15.1. The molecular formula is C15H19NO. The van der Waals surface area contributed by atoms with Crippen molar-refractivity contribution in [3.8, 4) is 0 Å². The minimum atomic E-state index is 0.209. The van der Waals surface area contributed by atoms with Crippen molar-refractivity contribution >= 4 is 10.8 Å². The van der Waals surface area contributed by atoms with E-state index in [0.29, 0.717) is 0 Å². The van der Waals surface area contributed by atoms with Crippen molar-refractivity contribution in [3.05, 3.63) is 48.0 Å².